The minimum Gasteiger partial charge on any atom is -0.326 e. The number of quaternary nitrogens is 1. The summed E-state index contributed by atoms with van der Waals surface area (Å²) in [4.78, 5) is 42.2. The quantitative estimate of drug-likeness (QED) is 0.750. The Balaban J connectivity index is 1.71. The van der Waals surface area contributed by atoms with E-state index in [9.17, 15) is 14.4 Å². The maximum absolute atomic E-state index is 13.9. The standard InChI is InChI=1S/C24H25N3O3/c1-12(2)20-18-19(24(26-20)15-9-5-6-10-16(15)25-23(24)30)22(29)27(21(18)28)17-11-7-8-13(3)14(17)4/h5-12,18-20,26H,1-4H3,(H,25,30)/p+1/t18-,19-,20-,24-/m0/s1. The van der Waals surface area contributed by atoms with Crippen molar-refractivity contribution in [1.29, 1.82) is 0 Å². The van der Waals surface area contributed by atoms with Crippen molar-refractivity contribution in [2.45, 2.75) is 39.3 Å². The Morgan fingerprint density at radius 1 is 1.00 bits per heavy atom. The molecule has 0 aliphatic carbocycles. The van der Waals surface area contributed by atoms with E-state index in [1.807, 2.05) is 75.5 Å². The van der Waals surface area contributed by atoms with Crippen molar-refractivity contribution in [3.63, 3.8) is 0 Å². The first-order valence-corrected chi connectivity index (χ1v) is 10.5. The Bertz CT molecular complexity index is 1110. The zero-order valence-electron chi connectivity index (χ0n) is 17.6. The number of hydrogen-bond acceptors (Lipinski definition) is 3. The van der Waals surface area contributed by atoms with Gasteiger partial charge in [0.1, 0.15) is 17.9 Å². The number of nitrogens with one attached hydrogen (secondary N) is 1. The molecule has 3 N–H and O–H groups in total. The fraction of sp³-hybridized carbons (Fsp3) is 0.375. The van der Waals surface area contributed by atoms with Crippen LogP contribution in [0.15, 0.2) is 42.5 Å². The van der Waals surface area contributed by atoms with Crippen molar-refractivity contribution < 1.29 is 19.7 Å². The smallest absolute Gasteiger partial charge is 0.291 e. The van der Waals surface area contributed by atoms with Gasteiger partial charge in [0.05, 0.1) is 11.4 Å². The van der Waals surface area contributed by atoms with Crippen molar-refractivity contribution in [1.82, 2.24) is 0 Å². The van der Waals surface area contributed by atoms with Crippen LogP contribution < -0.4 is 15.5 Å². The SMILES string of the molecule is Cc1cccc(N2C(=O)[C@H]3[C@@H](C2=O)[C@]2([NH2+][C@H]3C(C)C)C(=O)Nc3ccccc32)c1C. The van der Waals surface area contributed by atoms with Crippen molar-refractivity contribution in [2.75, 3.05) is 10.2 Å². The van der Waals surface area contributed by atoms with Gasteiger partial charge in [-0.15, -0.1) is 0 Å². The number of carbonyl (C=O) groups is 3. The van der Waals surface area contributed by atoms with Gasteiger partial charge in [0.25, 0.3) is 5.91 Å². The summed E-state index contributed by atoms with van der Waals surface area (Å²) in [6.45, 7) is 8.00. The lowest BCUT2D eigenvalue weighted by Crippen LogP contribution is -2.99. The number of nitrogens with zero attached hydrogens (tertiary/aromatic N) is 1. The molecule has 0 aromatic heterocycles. The Kier molecular flexibility index (Phi) is 3.96. The number of nitrogens with two attached hydrogens (primary N) is 1. The topological polar surface area (TPSA) is 83.1 Å². The molecular weight excluding hydrogens is 378 g/mol. The van der Waals surface area contributed by atoms with Crippen LogP contribution in [0.25, 0.3) is 0 Å². The molecule has 6 heteroatoms. The molecule has 2 fully saturated rings. The average molecular weight is 404 g/mol. The average Bonchev–Trinajstić information content (AvgIpc) is 3.30. The second kappa shape index (κ2) is 6.25. The van der Waals surface area contributed by atoms with E-state index in [-0.39, 0.29) is 29.7 Å². The normalized spacial score (nSPS) is 29.7. The Labute approximate surface area is 175 Å². The van der Waals surface area contributed by atoms with E-state index in [0.717, 1.165) is 22.4 Å². The van der Waals surface area contributed by atoms with Crippen LogP contribution in [-0.4, -0.2) is 23.8 Å². The van der Waals surface area contributed by atoms with Crippen molar-refractivity contribution in [2.24, 2.45) is 17.8 Å². The van der Waals surface area contributed by atoms with Crippen LogP contribution in [0.5, 0.6) is 0 Å². The molecule has 30 heavy (non-hydrogen) atoms. The third-order valence-corrected chi connectivity index (χ3v) is 7.30. The van der Waals surface area contributed by atoms with Crippen molar-refractivity contribution >= 4 is 29.1 Å². The zero-order chi connectivity index (χ0) is 21.4. The second-order valence-corrected chi connectivity index (χ2v) is 9.09. The van der Waals surface area contributed by atoms with E-state index >= 15 is 0 Å². The number of hydrogen-bond donors (Lipinski definition) is 2. The van der Waals surface area contributed by atoms with Crippen LogP contribution in [0.1, 0.15) is 30.5 Å². The monoisotopic (exact) mass is 404 g/mol. The molecule has 3 aliphatic rings. The van der Waals surface area contributed by atoms with Crippen LogP contribution in [-0.2, 0) is 19.9 Å². The van der Waals surface area contributed by atoms with E-state index in [1.54, 1.807) is 0 Å². The fourth-order valence-electron chi connectivity index (χ4n) is 5.67. The molecule has 0 saturated carbocycles. The highest BCUT2D eigenvalue weighted by atomic mass is 16.2. The lowest BCUT2D eigenvalue weighted by atomic mass is 9.76. The lowest BCUT2D eigenvalue weighted by molar-refractivity contribution is -0.738. The number of fused-ring (bicyclic) bond motifs is 4. The van der Waals surface area contributed by atoms with E-state index in [4.69, 9.17) is 0 Å². The summed E-state index contributed by atoms with van der Waals surface area (Å²) >= 11 is 0. The number of amides is 3. The van der Waals surface area contributed by atoms with Gasteiger partial charge in [-0.3, -0.25) is 14.4 Å². The van der Waals surface area contributed by atoms with E-state index < -0.39 is 17.4 Å². The summed E-state index contributed by atoms with van der Waals surface area (Å²) in [5.74, 6) is -1.79. The first-order valence-electron chi connectivity index (χ1n) is 10.5. The minimum absolute atomic E-state index is 0.132. The van der Waals surface area contributed by atoms with Gasteiger partial charge in [0.15, 0.2) is 0 Å². The molecule has 3 aliphatic heterocycles. The Hall–Kier alpha value is -2.99. The summed E-state index contributed by atoms with van der Waals surface area (Å²) in [5.41, 5.74) is 2.99. The number of aryl methyl sites for hydroxylation is 1. The van der Waals surface area contributed by atoms with Gasteiger partial charge in [-0.1, -0.05) is 44.2 Å². The van der Waals surface area contributed by atoms with Crippen molar-refractivity contribution in [3.05, 3.63) is 59.2 Å². The number of para-hydroxylation sites is 1. The molecule has 0 bridgehead atoms. The second-order valence-electron chi connectivity index (χ2n) is 9.09. The summed E-state index contributed by atoms with van der Waals surface area (Å²) < 4.78 is 0. The molecule has 1 spiro atoms. The third kappa shape index (κ3) is 2.20. The molecule has 6 nitrogen and oxygen atoms in total. The van der Waals surface area contributed by atoms with Gasteiger partial charge < -0.3 is 10.6 Å². The van der Waals surface area contributed by atoms with Crippen LogP contribution >= 0.6 is 0 Å². The highest BCUT2D eigenvalue weighted by molar-refractivity contribution is 6.25. The van der Waals surface area contributed by atoms with E-state index in [1.165, 1.54) is 4.90 Å². The molecule has 4 atom stereocenters. The van der Waals surface area contributed by atoms with E-state index in [2.05, 4.69) is 5.32 Å². The van der Waals surface area contributed by atoms with Crippen LogP contribution in [0.2, 0.25) is 0 Å². The maximum Gasteiger partial charge on any atom is 0.291 e. The largest absolute Gasteiger partial charge is 0.326 e. The Morgan fingerprint density at radius 2 is 1.73 bits per heavy atom. The first kappa shape index (κ1) is 19.0. The molecule has 0 unspecified atom stereocenters. The number of rotatable bonds is 2. The summed E-state index contributed by atoms with van der Waals surface area (Å²) in [6.07, 6.45) is 0. The van der Waals surface area contributed by atoms with Crippen LogP contribution in [0, 0.1) is 31.6 Å². The van der Waals surface area contributed by atoms with Crippen LogP contribution in [0.3, 0.4) is 0 Å². The molecule has 2 saturated heterocycles. The van der Waals surface area contributed by atoms with Gasteiger partial charge in [-0.2, -0.15) is 0 Å². The number of imide groups is 1. The summed E-state index contributed by atoms with van der Waals surface area (Å²) in [7, 11) is 0. The lowest BCUT2D eigenvalue weighted by Gasteiger charge is -2.28. The molecule has 2 aromatic rings. The maximum atomic E-state index is 13.9. The van der Waals surface area contributed by atoms with Crippen LogP contribution in [0.4, 0.5) is 11.4 Å². The molecule has 2 aromatic carbocycles. The van der Waals surface area contributed by atoms with Gasteiger partial charge in [0.2, 0.25) is 17.4 Å². The Morgan fingerprint density at radius 3 is 2.47 bits per heavy atom. The fourth-order valence-corrected chi connectivity index (χ4v) is 5.67. The molecule has 0 radical (unpaired) electrons. The number of anilines is 2. The van der Waals surface area contributed by atoms with Gasteiger partial charge in [0, 0.05) is 11.5 Å². The highest BCUT2D eigenvalue weighted by Gasteiger charge is 2.74. The third-order valence-electron chi connectivity index (χ3n) is 7.30. The summed E-state index contributed by atoms with van der Waals surface area (Å²) in [5, 5.41) is 4.95. The zero-order valence-corrected chi connectivity index (χ0v) is 17.6. The molecular formula is C24H26N3O3+. The van der Waals surface area contributed by atoms with Gasteiger partial charge in [-0.25, -0.2) is 4.90 Å². The summed E-state index contributed by atoms with van der Waals surface area (Å²) in [6, 6.07) is 13.0. The predicted octanol–water partition coefficient (Wildman–Crippen LogP) is 1.86. The molecule has 3 heterocycles. The minimum atomic E-state index is -1.10. The first-order chi connectivity index (χ1) is 14.3. The van der Waals surface area contributed by atoms with Gasteiger partial charge >= 0.3 is 0 Å². The van der Waals surface area contributed by atoms with E-state index in [0.29, 0.717) is 5.69 Å². The van der Waals surface area contributed by atoms with Gasteiger partial charge in [-0.05, 0) is 37.1 Å². The number of carbonyl (C=O) groups excluding carboxylic acids is 3. The molecule has 5 rings (SSSR count). The molecule has 154 valence electrons. The van der Waals surface area contributed by atoms with Crippen molar-refractivity contribution in [3.8, 4) is 0 Å². The number of benzene rings is 2. The predicted molar refractivity (Wildman–Crippen MR) is 113 cm³/mol. The highest BCUT2D eigenvalue weighted by Crippen LogP contribution is 2.50. The molecule has 3 amide bonds.